The average molecular weight is 286 g/mol. The summed E-state index contributed by atoms with van der Waals surface area (Å²) >= 11 is 0. The van der Waals surface area contributed by atoms with Crippen LogP contribution in [0.1, 0.15) is 37.2 Å². The molecule has 4 nitrogen and oxygen atoms in total. The number of pyridine rings is 1. The summed E-state index contributed by atoms with van der Waals surface area (Å²) in [5.41, 5.74) is 2.12. The molecular formula is C17H22N2O2. The number of aromatic nitrogens is 1. The molecule has 1 heterocycles. The Hall–Kier alpha value is -2.07. The minimum atomic E-state index is 0.142. The fourth-order valence-electron chi connectivity index (χ4n) is 2.36. The number of hydrogen-bond acceptors (Lipinski definition) is 4. The molecule has 1 unspecified atom stereocenters. The average Bonchev–Trinajstić information content (AvgIpc) is 2.54. The molecule has 0 aliphatic rings. The van der Waals surface area contributed by atoms with Crippen molar-refractivity contribution in [3.8, 4) is 11.5 Å². The van der Waals surface area contributed by atoms with Crippen LogP contribution in [0, 0.1) is 0 Å². The number of methoxy groups -OCH3 is 2. The Morgan fingerprint density at radius 1 is 1.00 bits per heavy atom. The van der Waals surface area contributed by atoms with Gasteiger partial charge in [0.05, 0.1) is 19.9 Å². The quantitative estimate of drug-likeness (QED) is 0.882. The molecule has 1 aromatic carbocycles. The maximum atomic E-state index is 5.46. The van der Waals surface area contributed by atoms with Crippen molar-refractivity contribution in [3.63, 3.8) is 0 Å². The first-order valence-corrected chi connectivity index (χ1v) is 7.04. The molecule has 0 bridgehead atoms. The molecule has 0 spiro atoms. The summed E-state index contributed by atoms with van der Waals surface area (Å²) in [6.07, 6.45) is 1.81. The first-order chi connectivity index (χ1) is 10.2. The van der Waals surface area contributed by atoms with Crippen LogP contribution in [0.5, 0.6) is 11.5 Å². The first-order valence-electron chi connectivity index (χ1n) is 7.04. The van der Waals surface area contributed by atoms with Crippen LogP contribution in [0.2, 0.25) is 0 Å². The molecule has 0 saturated heterocycles. The van der Waals surface area contributed by atoms with Crippen molar-refractivity contribution in [2.75, 3.05) is 14.2 Å². The van der Waals surface area contributed by atoms with Gasteiger partial charge in [-0.1, -0.05) is 12.1 Å². The predicted octanol–water partition coefficient (Wildman–Crippen LogP) is 3.51. The zero-order valence-corrected chi connectivity index (χ0v) is 13.0. The van der Waals surface area contributed by atoms with Crippen LogP contribution in [-0.4, -0.2) is 19.2 Å². The lowest BCUT2D eigenvalue weighted by atomic mass is 10.1. The number of nitrogens with one attached hydrogen (secondary N) is 1. The Morgan fingerprint density at radius 3 is 2.43 bits per heavy atom. The Bertz CT molecular complexity index is 572. The smallest absolute Gasteiger partial charge is 0.127 e. The lowest BCUT2D eigenvalue weighted by Gasteiger charge is -2.22. The van der Waals surface area contributed by atoms with Crippen LogP contribution in [0.15, 0.2) is 42.6 Å². The molecule has 2 atom stereocenters. The van der Waals surface area contributed by atoms with Crippen molar-refractivity contribution in [1.82, 2.24) is 10.3 Å². The standard InChI is InChI=1S/C17H22N2O2/c1-12(19-13(2)16-7-5-6-10-18-16)15-9-8-14(20-3)11-17(15)21-4/h5-13,19H,1-4H3/t12?,13-/m0/s1. The number of hydrogen-bond donors (Lipinski definition) is 1. The molecule has 0 amide bonds. The number of rotatable bonds is 6. The van der Waals surface area contributed by atoms with Crippen molar-refractivity contribution in [2.45, 2.75) is 25.9 Å². The van der Waals surface area contributed by atoms with Crippen molar-refractivity contribution in [3.05, 3.63) is 53.9 Å². The maximum Gasteiger partial charge on any atom is 0.127 e. The van der Waals surface area contributed by atoms with Crippen LogP contribution >= 0.6 is 0 Å². The normalized spacial score (nSPS) is 13.5. The summed E-state index contributed by atoms with van der Waals surface area (Å²) in [5, 5.41) is 3.54. The topological polar surface area (TPSA) is 43.4 Å². The largest absolute Gasteiger partial charge is 0.497 e. The Kier molecular flexibility index (Phi) is 5.17. The molecule has 1 aromatic heterocycles. The Balaban J connectivity index is 2.14. The highest BCUT2D eigenvalue weighted by Crippen LogP contribution is 2.30. The third-order valence-corrected chi connectivity index (χ3v) is 3.54. The van der Waals surface area contributed by atoms with E-state index in [0.29, 0.717) is 0 Å². The van der Waals surface area contributed by atoms with Crippen molar-refractivity contribution in [1.29, 1.82) is 0 Å². The van der Waals surface area contributed by atoms with E-state index in [2.05, 4.69) is 24.1 Å². The van der Waals surface area contributed by atoms with Gasteiger partial charge >= 0.3 is 0 Å². The number of benzene rings is 1. The number of ether oxygens (including phenoxy) is 2. The van der Waals surface area contributed by atoms with Gasteiger partial charge < -0.3 is 14.8 Å². The van der Waals surface area contributed by atoms with Gasteiger partial charge in [0, 0.05) is 29.9 Å². The molecule has 21 heavy (non-hydrogen) atoms. The van der Waals surface area contributed by atoms with Gasteiger partial charge in [-0.05, 0) is 32.0 Å². The van der Waals surface area contributed by atoms with E-state index in [4.69, 9.17) is 9.47 Å². The first kappa shape index (κ1) is 15.3. The van der Waals surface area contributed by atoms with E-state index in [0.717, 1.165) is 22.8 Å². The minimum absolute atomic E-state index is 0.142. The highest BCUT2D eigenvalue weighted by Gasteiger charge is 2.16. The lowest BCUT2D eigenvalue weighted by Crippen LogP contribution is -2.23. The van der Waals surface area contributed by atoms with E-state index in [9.17, 15) is 0 Å². The summed E-state index contributed by atoms with van der Waals surface area (Å²) in [6.45, 7) is 4.22. The van der Waals surface area contributed by atoms with Gasteiger partial charge in [-0.25, -0.2) is 0 Å². The molecule has 0 saturated carbocycles. The lowest BCUT2D eigenvalue weighted by molar-refractivity contribution is 0.382. The zero-order valence-electron chi connectivity index (χ0n) is 13.0. The van der Waals surface area contributed by atoms with Crippen LogP contribution in [0.25, 0.3) is 0 Å². The fourth-order valence-corrected chi connectivity index (χ4v) is 2.36. The van der Waals surface area contributed by atoms with Crippen molar-refractivity contribution >= 4 is 0 Å². The van der Waals surface area contributed by atoms with E-state index in [1.807, 2.05) is 42.6 Å². The number of nitrogens with zero attached hydrogens (tertiary/aromatic N) is 1. The van der Waals surface area contributed by atoms with E-state index in [-0.39, 0.29) is 12.1 Å². The SMILES string of the molecule is COc1ccc(C(C)N[C@@H](C)c2ccccn2)c(OC)c1. The maximum absolute atomic E-state index is 5.46. The third-order valence-electron chi connectivity index (χ3n) is 3.54. The van der Waals surface area contributed by atoms with E-state index >= 15 is 0 Å². The van der Waals surface area contributed by atoms with Crippen molar-refractivity contribution in [2.24, 2.45) is 0 Å². The summed E-state index contributed by atoms with van der Waals surface area (Å²) < 4.78 is 10.7. The summed E-state index contributed by atoms with van der Waals surface area (Å²) in [6, 6.07) is 12.1. The second-order valence-corrected chi connectivity index (χ2v) is 4.97. The molecular weight excluding hydrogens is 264 g/mol. The van der Waals surface area contributed by atoms with E-state index < -0.39 is 0 Å². The summed E-state index contributed by atoms with van der Waals surface area (Å²) in [5.74, 6) is 1.61. The van der Waals surface area contributed by atoms with Crippen LogP contribution in [-0.2, 0) is 0 Å². The molecule has 4 heteroatoms. The van der Waals surface area contributed by atoms with Gasteiger partial charge in [-0.3, -0.25) is 4.98 Å². The summed E-state index contributed by atoms with van der Waals surface area (Å²) in [4.78, 5) is 4.38. The molecule has 112 valence electrons. The van der Waals surface area contributed by atoms with Crippen LogP contribution < -0.4 is 14.8 Å². The van der Waals surface area contributed by atoms with Crippen LogP contribution in [0.3, 0.4) is 0 Å². The fraction of sp³-hybridized carbons (Fsp3) is 0.353. The Morgan fingerprint density at radius 2 is 1.81 bits per heavy atom. The molecule has 0 aliphatic heterocycles. The minimum Gasteiger partial charge on any atom is -0.497 e. The monoisotopic (exact) mass is 286 g/mol. The molecule has 2 aromatic rings. The highest BCUT2D eigenvalue weighted by molar-refractivity contribution is 5.42. The highest BCUT2D eigenvalue weighted by atomic mass is 16.5. The molecule has 0 radical (unpaired) electrons. The Labute approximate surface area is 126 Å². The van der Waals surface area contributed by atoms with Gasteiger partial charge in [0.2, 0.25) is 0 Å². The predicted molar refractivity (Wildman–Crippen MR) is 83.7 cm³/mol. The second-order valence-electron chi connectivity index (χ2n) is 4.97. The summed E-state index contributed by atoms with van der Waals surface area (Å²) in [7, 11) is 3.33. The molecule has 1 N–H and O–H groups in total. The van der Waals surface area contributed by atoms with Gasteiger partial charge in [0.15, 0.2) is 0 Å². The van der Waals surface area contributed by atoms with Crippen molar-refractivity contribution < 1.29 is 9.47 Å². The third kappa shape index (κ3) is 3.73. The molecule has 2 rings (SSSR count). The van der Waals surface area contributed by atoms with Gasteiger partial charge in [0.25, 0.3) is 0 Å². The van der Waals surface area contributed by atoms with E-state index in [1.54, 1.807) is 14.2 Å². The molecule has 0 fully saturated rings. The van der Waals surface area contributed by atoms with Crippen LogP contribution in [0.4, 0.5) is 0 Å². The van der Waals surface area contributed by atoms with Gasteiger partial charge in [-0.15, -0.1) is 0 Å². The second kappa shape index (κ2) is 7.09. The zero-order chi connectivity index (χ0) is 15.2. The van der Waals surface area contributed by atoms with Gasteiger partial charge in [0.1, 0.15) is 11.5 Å². The van der Waals surface area contributed by atoms with E-state index in [1.165, 1.54) is 0 Å². The van der Waals surface area contributed by atoms with Gasteiger partial charge in [-0.2, -0.15) is 0 Å². The molecule has 0 aliphatic carbocycles.